The van der Waals surface area contributed by atoms with Crippen LogP contribution in [0.3, 0.4) is 0 Å². The van der Waals surface area contributed by atoms with E-state index in [0.717, 1.165) is 18.8 Å². The van der Waals surface area contributed by atoms with Crippen molar-refractivity contribution in [2.75, 3.05) is 18.0 Å². The second-order valence-corrected chi connectivity index (χ2v) is 4.53. The zero-order chi connectivity index (χ0) is 15.1. The minimum atomic E-state index is -0.988. The van der Waals surface area contributed by atoms with E-state index in [1.165, 1.54) is 13.8 Å². The van der Waals surface area contributed by atoms with Crippen LogP contribution in [0.15, 0.2) is 34.5 Å². The summed E-state index contributed by atoms with van der Waals surface area (Å²) in [5, 5.41) is 7.79. The van der Waals surface area contributed by atoms with E-state index in [-0.39, 0.29) is 11.6 Å². The van der Waals surface area contributed by atoms with Crippen molar-refractivity contribution in [3.05, 3.63) is 24.3 Å². The maximum atomic E-state index is 11.2. The SMILES string of the molecule is CCN(CC)c1ccc(N=NC(C(C)=O)C(C)=O)cc1. The molecule has 0 saturated carbocycles. The van der Waals surface area contributed by atoms with Gasteiger partial charge in [-0.15, -0.1) is 0 Å². The molecule has 1 aromatic rings. The van der Waals surface area contributed by atoms with Gasteiger partial charge in [0.25, 0.3) is 0 Å². The molecule has 5 heteroatoms. The highest BCUT2D eigenvalue weighted by atomic mass is 16.2. The summed E-state index contributed by atoms with van der Waals surface area (Å²) in [5.74, 6) is -0.581. The topological polar surface area (TPSA) is 62.1 Å². The van der Waals surface area contributed by atoms with E-state index >= 15 is 0 Å². The lowest BCUT2D eigenvalue weighted by atomic mass is 10.1. The van der Waals surface area contributed by atoms with Gasteiger partial charge in [-0.3, -0.25) is 9.59 Å². The molecular weight excluding hydrogens is 254 g/mol. The number of Topliss-reactive ketones (excluding diaryl/α,β-unsaturated/α-hetero) is 2. The van der Waals surface area contributed by atoms with E-state index in [9.17, 15) is 9.59 Å². The number of hydrogen-bond donors (Lipinski definition) is 0. The standard InChI is InChI=1S/C15H21N3O2/c1-5-18(6-2)14-9-7-13(8-10-14)16-17-15(11(3)19)12(4)20/h7-10,15H,5-6H2,1-4H3. The normalized spacial score (nSPS) is 11.1. The molecule has 0 spiro atoms. The second-order valence-electron chi connectivity index (χ2n) is 4.53. The van der Waals surface area contributed by atoms with Crippen LogP contribution in [0.4, 0.5) is 11.4 Å². The number of ketones is 2. The molecule has 0 atom stereocenters. The van der Waals surface area contributed by atoms with Crippen LogP contribution in [0.25, 0.3) is 0 Å². The first kappa shape index (κ1) is 16.0. The summed E-state index contributed by atoms with van der Waals surface area (Å²) in [7, 11) is 0. The van der Waals surface area contributed by atoms with Crippen LogP contribution in [0.1, 0.15) is 27.7 Å². The van der Waals surface area contributed by atoms with Gasteiger partial charge in [-0.2, -0.15) is 10.2 Å². The molecule has 0 aliphatic carbocycles. The monoisotopic (exact) mass is 275 g/mol. The Bertz CT molecular complexity index is 476. The summed E-state index contributed by atoms with van der Waals surface area (Å²) in [4.78, 5) is 24.7. The first-order valence-corrected chi connectivity index (χ1v) is 6.76. The average molecular weight is 275 g/mol. The number of benzene rings is 1. The zero-order valence-electron chi connectivity index (χ0n) is 12.5. The Balaban J connectivity index is 2.84. The molecule has 0 bridgehead atoms. The lowest BCUT2D eigenvalue weighted by Crippen LogP contribution is -2.23. The van der Waals surface area contributed by atoms with Crippen LogP contribution < -0.4 is 4.90 Å². The molecule has 0 heterocycles. The molecule has 0 aliphatic rings. The molecule has 1 rings (SSSR count). The van der Waals surface area contributed by atoms with Crippen molar-refractivity contribution in [1.82, 2.24) is 0 Å². The van der Waals surface area contributed by atoms with Crippen molar-refractivity contribution in [3.8, 4) is 0 Å². The van der Waals surface area contributed by atoms with E-state index in [2.05, 4.69) is 29.0 Å². The highest BCUT2D eigenvalue weighted by Crippen LogP contribution is 2.20. The van der Waals surface area contributed by atoms with Gasteiger partial charge >= 0.3 is 0 Å². The van der Waals surface area contributed by atoms with E-state index in [4.69, 9.17) is 0 Å². The first-order chi connectivity index (χ1) is 9.49. The van der Waals surface area contributed by atoms with Crippen molar-refractivity contribution in [1.29, 1.82) is 0 Å². The van der Waals surface area contributed by atoms with Crippen molar-refractivity contribution >= 4 is 22.9 Å². The molecule has 20 heavy (non-hydrogen) atoms. The summed E-state index contributed by atoms with van der Waals surface area (Å²) in [6.07, 6.45) is 0. The van der Waals surface area contributed by atoms with Gasteiger partial charge in [0.05, 0.1) is 5.69 Å². The van der Waals surface area contributed by atoms with E-state index in [1.54, 1.807) is 0 Å². The largest absolute Gasteiger partial charge is 0.372 e. The zero-order valence-corrected chi connectivity index (χ0v) is 12.5. The fraction of sp³-hybridized carbons (Fsp3) is 0.467. The van der Waals surface area contributed by atoms with Gasteiger partial charge < -0.3 is 4.90 Å². The average Bonchev–Trinajstić information content (AvgIpc) is 2.41. The predicted octanol–water partition coefficient (Wildman–Crippen LogP) is 3.16. The first-order valence-electron chi connectivity index (χ1n) is 6.76. The van der Waals surface area contributed by atoms with Crippen molar-refractivity contribution in [3.63, 3.8) is 0 Å². The maximum Gasteiger partial charge on any atom is 0.187 e. The molecule has 0 saturated heterocycles. The quantitative estimate of drug-likeness (QED) is 0.567. The molecule has 1 aromatic carbocycles. The Hall–Kier alpha value is -2.04. The van der Waals surface area contributed by atoms with Gasteiger partial charge in [-0.25, -0.2) is 0 Å². The van der Waals surface area contributed by atoms with Crippen molar-refractivity contribution in [2.24, 2.45) is 10.2 Å². The summed E-state index contributed by atoms with van der Waals surface area (Å²) >= 11 is 0. The van der Waals surface area contributed by atoms with Gasteiger partial charge in [-0.1, -0.05) is 0 Å². The second kappa shape index (κ2) is 7.53. The van der Waals surface area contributed by atoms with Gasteiger partial charge in [0, 0.05) is 18.8 Å². The summed E-state index contributed by atoms with van der Waals surface area (Å²) in [6.45, 7) is 8.76. The number of rotatable bonds is 7. The Morgan fingerprint density at radius 1 is 1.05 bits per heavy atom. The molecule has 0 N–H and O–H groups in total. The minimum absolute atomic E-state index is 0.291. The number of carbonyl (C=O) groups excluding carboxylic acids is 2. The van der Waals surface area contributed by atoms with Gasteiger partial charge in [-0.05, 0) is 52.0 Å². The molecular formula is C15H21N3O2. The van der Waals surface area contributed by atoms with Gasteiger partial charge in [0.15, 0.2) is 17.6 Å². The number of carbonyl (C=O) groups is 2. The summed E-state index contributed by atoms with van der Waals surface area (Å²) in [6, 6.07) is 6.58. The van der Waals surface area contributed by atoms with Crippen LogP contribution in [0.5, 0.6) is 0 Å². The fourth-order valence-corrected chi connectivity index (χ4v) is 1.89. The molecule has 0 aliphatic heterocycles. The number of anilines is 1. The third-order valence-corrected chi connectivity index (χ3v) is 3.04. The molecule has 0 aromatic heterocycles. The number of nitrogens with zero attached hydrogens (tertiary/aromatic N) is 3. The number of azo groups is 1. The predicted molar refractivity (Wildman–Crippen MR) is 79.7 cm³/mol. The van der Waals surface area contributed by atoms with E-state index in [0.29, 0.717) is 5.69 Å². The third kappa shape index (κ3) is 4.26. The maximum absolute atomic E-state index is 11.2. The molecule has 5 nitrogen and oxygen atoms in total. The Morgan fingerprint density at radius 3 is 1.95 bits per heavy atom. The minimum Gasteiger partial charge on any atom is -0.372 e. The summed E-state index contributed by atoms with van der Waals surface area (Å²) in [5.41, 5.74) is 1.75. The van der Waals surface area contributed by atoms with Crippen LogP contribution in [0, 0.1) is 0 Å². The fourth-order valence-electron chi connectivity index (χ4n) is 1.89. The van der Waals surface area contributed by atoms with Gasteiger partial charge in [0.1, 0.15) is 0 Å². The lowest BCUT2D eigenvalue weighted by molar-refractivity contribution is -0.126. The van der Waals surface area contributed by atoms with Crippen LogP contribution >= 0.6 is 0 Å². The van der Waals surface area contributed by atoms with Crippen LogP contribution in [-0.2, 0) is 9.59 Å². The highest BCUT2D eigenvalue weighted by Gasteiger charge is 2.18. The number of hydrogen-bond acceptors (Lipinski definition) is 5. The molecule has 108 valence electrons. The van der Waals surface area contributed by atoms with Crippen LogP contribution in [-0.4, -0.2) is 30.7 Å². The Labute approximate surface area is 119 Å². The van der Waals surface area contributed by atoms with Crippen LogP contribution in [0.2, 0.25) is 0 Å². The van der Waals surface area contributed by atoms with Crippen molar-refractivity contribution in [2.45, 2.75) is 33.7 Å². The van der Waals surface area contributed by atoms with E-state index < -0.39 is 6.04 Å². The highest BCUT2D eigenvalue weighted by molar-refractivity contribution is 6.04. The molecule has 0 fully saturated rings. The third-order valence-electron chi connectivity index (χ3n) is 3.04. The van der Waals surface area contributed by atoms with E-state index in [1.807, 2.05) is 24.3 Å². The molecule has 0 radical (unpaired) electrons. The van der Waals surface area contributed by atoms with Crippen molar-refractivity contribution < 1.29 is 9.59 Å². The lowest BCUT2D eigenvalue weighted by Gasteiger charge is -2.20. The molecule has 0 unspecified atom stereocenters. The Kier molecular flexibility index (Phi) is 6.03. The Morgan fingerprint density at radius 2 is 1.55 bits per heavy atom. The van der Waals surface area contributed by atoms with Gasteiger partial charge in [0.2, 0.25) is 0 Å². The summed E-state index contributed by atoms with van der Waals surface area (Å²) < 4.78 is 0. The molecule has 0 amide bonds. The smallest absolute Gasteiger partial charge is 0.187 e.